The Morgan fingerprint density at radius 3 is 2.34 bits per heavy atom. The van der Waals surface area contributed by atoms with Crippen molar-refractivity contribution < 1.29 is 9.53 Å². The summed E-state index contributed by atoms with van der Waals surface area (Å²) in [5, 5.41) is 9.21. The Kier molecular flexibility index (Phi) is 5.35. The van der Waals surface area contributed by atoms with Crippen molar-refractivity contribution >= 4 is 35.0 Å². The molecule has 1 atom stereocenters. The maximum absolute atomic E-state index is 12.8. The number of carbonyl (C=O) groups is 1. The molecule has 1 aliphatic heterocycles. The van der Waals surface area contributed by atoms with Crippen LogP contribution in [0.5, 0.6) is 0 Å². The van der Waals surface area contributed by atoms with Crippen LogP contribution in [0, 0.1) is 0 Å². The first-order valence-corrected chi connectivity index (χ1v) is 9.99. The quantitative estimate of drug-likeness (QED) is 0.552. The summed E-state index contributed by atoms with van der Waals surface area (Å²) in [5.41, 5.74) is 3.99. The predicted molar refractivity (Wildman–Crippen MR) is 115 cm³/mol. The second-order valence-corrected chi connectivity index (χ2v) is 7.58. The van der Waals surface area contributed by atoms with Crippen molar-refractivity contribution in [3.8, 4) is 5.69 Å². The summed E-state index contributed by atoms with van der Waals surface area (Å²) >= 11 is 12.1. The van der Waals surface area contributed by atoms with E-state index < -0.39 is 0 Å². The molecule has 29 heavy (non-hydrogen) atoms. The van der Waals surface area contributed by atoms with Gasteiger partial charge in [-0.2, -0.15) is 5.10 Å². The number of nitrogens with one attached hydrogen (secondary N) is 1. The molecule has 0 amide bonds. The van der Waals surface area contributed by atoms with Crippen LogP contribution in [0.3, 0.4) is 0 Å². The number of anilines is 1. The lowest BCUT2D eigenvalue weighted by atomic mass is 9.83. The number of esters is 1. The average Bonchev–Trinajstić information content (AvgIpc) is 3.12. The number of halogens is 2. The number of allylic oxidation sites excluding steroid dienone is 1. The van der Waals surface area contributed by atoms with Crippen LogP contribution in [0.2, 0.25) is 10.0 Å². The van der Waals surface area contributed by atoms with Gasteiger partial charge in [-0.25, -0.2) is 9.48 Å². The standard InChI is InChI=1S/C22H19Cl2N3O2/c1-3-29-22(28)19-13(2)26-21-18(20(19)14-4-6-15(23)7-5-14)12-25-27(21)17-10-8-16(24)9-11-17/h4-12,20,26H,3H2,1-2H3/t20-/m0/s1. The molecule has 3 aromatic rings. The van der Waals surface area contributed by atoms with Crippen molar-refractivity contribution in [3.05, 3.63) is 87.2 Å². The molecule has 1 aromatic heterocycles. The summed E-state index contributed by atoms with van der Waals surface area (Å²) in [7, 11) is 0. The van der Waals surface area contributed by atoms with Crippen LogP contribution in [0.1, 0.15) is 30.9 Å². The molecule has 0 saturated carbocycles. The van der Waals surface area contributed by atoms with E-state index >= 15 is 0 Å². The summed E-state index contributed by atoms with van der Waals surface area (Å²) in [6.45, 7) is 3.97. The average molecular weight is 428 g/mol. The smallest absolute Gasteiger partial charge is 0.336 e. The highest BCUT2D eigenvalue weighted by atomic mass is 35.5. The fourth-order valence-electron chi connectivity index (χ4n) is 3.57. The SMILES string of the molecule is CCOC(=O)C1=C(C)Nc2c(cnn2-c2ccc(Cl)cc2)[C@@H]1c1ccc(Cl)cc1. The van der Waals surface area contributed by atoms with E-state index in [-0.39, 0.29) is 11.9 Å². The van der Waals surface area contributed by atoms with Crippen LogP contribution >= 0.6 is 23.2 Å². The van der Waals surface area contributed by atoms with Crippen molar-refractivity contribution in [2.45, 2.75) is 19.8 Å². The normalized spacial score (nSPS) is 15.7. The molecule has 0 spiro atoms. The molecule has 2 heterocycles. The number of hydrogen-bond donors (Lipinski definition) is 1. The minimum absolute atomic E-state index is 0.305. The van der Waals surface area contributed by atoms with Gasteiger partial charge in [0.05, 0.1) is 24.1 Å². The number of aromatic nitrogens is 2. The molecule has 7 heteroatoms. The van der Waals surface area contributed by atoms with E-state index in [1.165, 1.54) is 0 Å². The number of nitrogens with zero attached hydrogens (tertiary/aromatic N) is 2. The fraction of sp³-hybridized carbons (Fsp3) is 0.182. The van der Waals surface area contributed by atoms with Crippen LogP contribution in [0.15, 0.2) is 66.0 Å². The summed E-state index contributed by atoms with van der Waals surface area (Å²) in [6, 6.07) is 14.9. The van der Waals surface area contributed by atoms with Gasteiger partial charge in [-0.3, -0.25) is 0 Å². The lowest BCUT2D eigenvalue weighted by molar-refractivity contribution is -0.138. The summed E-state index contributed by atoms with van der Waals surface area (Å²) in [6.07, 6.45) is 1.78. The van der Waals surface area contributed by atoms with E-state index in [0.29, 0.717) is 22.2 Å². The molecule has 0 unspecified atom stereocenters. The number of ether oxygens (including phenoxy) is 1. The van der Waals surface area contributed by atoms with Gasteiger partial charge in [0.2, 0.25) is 0 Å². The van der Waals surface area contributed by atoms with Crippen molar-refractivity contribution in [1.29, 1.82) is 0 Å². The molecular formula is C22H19Cl2N3O2. The largest absolute Gasteiger partial charge is 0.463 e. The van der Waals surface area contributed by atoms with Crippen LogP contribution in [0.4, 0.5) is 5.82 Å². The topological polar surface area (TPSA) is 56.1 Å². The maximum atomic E-state index is 12.8. The van der Waals surface area contributed by atoms with Crippen molar-refractivity contribution in [3.63, 3.8) is 0 Å². The van der Waals surface area contributed by atoms with Gasteiger partial charge in [0.15, 0.2) is 0 Å². The van der Waals surface area contributed by atoms with E-state index in [2.05, 4.69) is 10.4 Å². The number of rotatable bonds is 4. The predicted octanol–water partition coefficient (Wildman–Crippen LogP) is 5.57. The van der Waals surface area contributed by atoms with Crippen molar-refractivity contribution in [2.24, 2.45) is 0 Å². The number of fused-ring (bicyclic) bond motifs is 1. The first kappa shape index (κ1) is 19.6. The number of carbonyl (C=O) groups excluding carboxylic acids is 1. The highest BCUT2D eigenvalue weighted by molar-refractivity contribution is 6.30. The third-order valence-electron chi connectivity index (χ3n) is 4.88. The Balaban J connectivity index is 1.87. The van der Waals surface area contributed by atoms with E-state index in [1.807, 2.05) is 55.5 Å². The van der Waals surface area contributed by atoms with Gasteiger partial charge in [0, 0.05) is 27.2 Å². The summed E-state index contributed by atoms with van der Waals surface area (Å²) < 4.78 is 7.15. The third kappa shape index (κ3) is 3.63. The zero-order chi connectivity index (χ0) is 20.5. The van der Waals surface area contributed by atoms with Gasteiger partial charge >= 0.3 is 5.97 Å². The minimum Gasteiger partial charge on any atom is -0.463 e. The Hall–Kier alpha value is -2.76. The molecule has 0 bridgehead atoms. The monoisotopic (exact) mass is 427 g/mol. The van der Waals surface area contributed by atoms with Crippen LogP contribution in [-0.4, -0.2) is 22.4 Å². The molecule has 1 aliphatic rings. The first-order valence-electron chi connectivity index (χ1n) is 9.23. The van der Waals surface area contributed by atoms with Gasteiger partial charge in [-0.15, -0.1) is 0 Å². The van der Waals surface area contributed by atoms with Gasteiger partial charge in [0.25, 0.3) is 0 Å². The molecule has 1 N–H and O–H groups in total. The Labute approximate surface area is 178 Å². The van der Waals surface area contributed by atoms with Crippen molar-refractivity contribution in [1.82, 2.24) is 9.78 Å². The maximum Gasteiger partial charge on any atom is 0.336 e. The molecule has 0 aliphatic carbocycles. The van der Waals surface area contributed by atoms with Crippen molar-refractivity contribution in [2.75, 3.05) is 11.9 Å². The molecule has 4 rings (SSSR count). The summed E-state index contributed by atoms with van der Waals surface area (Å²) in [4.78, 5) is 12.8. The minimum atomic E-state index is -0.345. The lowest BCUT2D eigenvalue weighted by Crippen LogP contribution is -2.24. The van der Waals surface area contributed by atoms with E-state index in [4.69, 9.17) is 27.9 Å². The Morgan fingerprint density at radius 2 is 1.72 bits per heavy atom. The third-order valence-corrected chi connectivity index (χ3v) is 5.38. The second kappa shape index (κ2) is 7.93. The van der Waals surface area contributed by atoms with Gasteiger partial charge in [-0.1, -0.05) is 35.3 Å². The number of hydrogen-bond acceptors (Lipinski definition) is 4. The van der Waals surface area contributed by atoms with E-state index in [0.717, 1.165) is 28.3 Å². The Morgan fingerprint density at radius 1 is 1.10 bits per heavy atom. The summed E-state index contributed by atoms with van der Waals surface area (Å²) in [5.74, 6) is 0.142. The molecule has 0 fully saturated rings. The highest BCUT2D eigenvalue weighted by Crippen LogP contribution is 2.43. The first-order chi connectivity index (χ1) is 14.0. The van der Waals surface area contributed by atoms with E-state index in [1.54, 1.807) is 17.8 Å². The van der Waals surface area contributed by atoms with Gasteiger partial charge in [0.1, 0.15) is 5.82 Å². The zero-order valence-electron chi connectivity index (χ0n) is 15.9. The molecule has 2 aromatic carbocycles. The molecule has 0 radical (unpaired) electrons. The Bertz CT molecular complexity index is 1090. The fourth-order valence-corrected chi connectivity index (χ4v) is 3.83. The molecule has 5 nitrogen and oxygen atoms in total. The van der Waals surface area contributed by atoms with Crippen LogP contribution < -0.4 is 5.32 Å². The van der Waals surface area contributed by atoms with E-state index in [9.17, 15) is 4.79 Å². The lowest BCUT2D eigenvalue weighted by Gasteiger charge is -2.28. The highest BCUT2D eigenvalue weighted by Gasteiger charge is 2.35. The zero-order valence-corrected chi connectivity index (χ0v) is 17.5. The van der Waals surface area contributed by atoms with Crippen LogP contribution in [0.25, 0.3) is 5.69 Å². The second-order valence-electron chi connectivity index (χ2n) is 6.71. The van der Waals surface area contributed by atoms with Crippen LogP contribution in [-0.2, 0) is 9.53 Å². The van der Waals surface area contributed by atoms with Gasteiger partial charge in [-0.05, 0) is 55.8 Å². The van der Waals surface area contributed by atoms with Gasteiger partial charge < -0.3 is 10.1 Å². The molecule has 0 saturated heterocycles. The molecule has 148 valence electrons. The molecular weight excluding hydrogens is 409 g/mol. The number of benzene rings is 2.